The van der Waals surface area contributed by atoms with Gasteiger partial charge in [-0.05, 0) is 171 Å². The second-order valence-electron chi connectivity index (χ2n) is 19.5. The molecule has 0 aliphatic carbocycles. The molecule has 0 saturated carbocycles. The molecule has 64 heavy (non-hydrogen) atoms. The Hall–Kier alpha value is -1.67. The highest BCUT2D eigenvalue weighted by molar-refractivity contribution is 5.73. The highest BCUT2D eigenvalue weighted by atomic mass is 16.2. The Labute approximate surface area is 403 Å². The monoisotopic (exact) mass is 910 g/mol. The second kappa shape index (κ2) is 45.1. The van der Waals surface area contributed by atoms with Crippen molar-refractivity contribution in [1.29, 1.82) is 0 Å². The quantitative estimate of drug-likeness (QED) is 0.276. The summed E-state index contributed by atoms with van der Waals surface area (Å²) in [6.07, 6.45) is 19.4. The minimum atomic E-state index is 0.235. The van der Waals surface area contributed by atoms with Crippen LogP contribution >= 0.6 is 0 Å². The molecule has 0 aromatic heterocycles. The first-order valence-electron chi connectivity index (χ1n) is 27.7. The van der Waals surface area contributed by atoms with Crippen molar-refractivity contribution >= 4 is 17.7 Å². The zero-order valence-electron chi connectivity index (χ0n) is 47.4. The second-order valence-corrected chi connectivity index (χ2v) is 19.5. The van der Waals surface area contributed by atoms with E-state index in [1.165, 1.54) is 136 Å². The highest BCUT2D eigenvalue weighted by Crippen LogP contribution is 2.34. The van der Waals surface area contributed by atoms with Gasteiger partial charge in [0.15, 0.2) is 0 Å². The van der Waals surface area contributed by atoms with Gasteiger partial charge in [-0.25, -0.2) is 0 Å². The van der Waals surface area contributed by atoms with Crippen LogP contribution in [0.2, 0.25) is 0 Å². The van der Waals surface area contributed by atoms with Gasteiger partial charge in [0.2, 0.25) is 17.7 Å². The smallest absolute Gasteiger partial charge is 0.219 e. The number of carbonyl (C=O) groups excluding carboxylic acids is 3. The zero-order valence-corrected chi connectivity index (χ0v) is 47.4. The van der Waals surface area contributed by atoms with Crippen molar-refractivity contribution in [1.82, 2.24) is 24.5 Å². The normalized spacial score (nSPS) is 24.2. The molecule has 8 heteroatoms. The van der Waals surface area contributed by atoms with E-state index in [2.05, 4.69) is 72.1 Å². The van der Waals surface area contributed by atoms with Crippen LogP contribution in [0.25, 0.3) is 0 Å². The lowest BCUT2D eigenvalue weighted by atomic mass is 9.77. The summed E-state index contributed by atoms with van der Waals surface area (Å²) in [5.41, 5.74) is 0.396. The van der Waals surface area contributed by atoms with Gasteiger partial charge in [0.1, 0.15) is 0 Å². The molecule has 5 aliphatic heterocycles. The lowest BCUT2D eigenvalue weighted by Gasteiger charge is -2.29. The first kappa shape index (κ1) is 68.9. The minimum absolute atomic E-state index is 0.235. The Morgan fingerprint density at radius 3 is 0.891 bits per heavy atom. The summed E-state index contributed by atoms with van der Waals surface area (Å²) in [6, 6.07) is 0. The third-order valence-corrected chi connectivity index (χ3v) is 13.4. The van der Waals surface area contributed by atoms with E-state index >= 15 is 0 Å². The molecule has 0 aromatic carbocycles. The van der Waals surface area contributed by atoms with Crippen molar-refractivity contribution in [3.63, 3.8) is 0 Å². The maximum absolute atomic E-state index is 11.2. The van der Waals surface area contributed by atoms with Gasteiger partial charge in [0.05, 0.1) is 0 Å². The third kappa shape index (κ3) is 37.4. The number of hydrogen-bond acceptors (Lipinski definition) is 5. The molecule has 5 atom stereocenters. The van der Waals surface area contributed by atoms with E-state index < -0.39 is 0 Å². The number of likely N-dealkylation sites (tertiary alicyclic amines) is 5. The molecule has 0 spiro atoms. The van der Waals surface area contributed by atoms with Gasteiger partial charge in [-0.15, -0.1) is 0 Å². The molecule has 5 aliphatic rings. The fraction of sp³-hybridized carbons (Fsp3) is 0.946. The number of hydrogen-bond donors (Lipinski definition) is 0. The lowest BCUT2D eigenvalue weighted by molar-refractivity contribution is -0.129. The van der Waals surface area contributed by atoms with Gasteiger partial charge in [0.25, 0.3) is 0 Å². The van der Waals surface area contributed by atoms with Gasteiger partial charge in [-0.3, -0.25) is 14.4 Å². The summed E-state index contributed by atoms with van der Waals surface area (Å²) in [7, 11) is 0. The Morgan fingerprint density at radius 2 is 0.625 bits per heavy atom. The van der Waals surface area contributed by atoms with Crippen molar-refractivity contribution in [3.05, 3.63) is 0 Å². The Balaban J connectivity index is -0.000000339. The summed E-state index contributed by atoms with van der Waals surface area (Å²) in [5.74, 6) is 5.02. The molecule has 1 unspecified atom stereocenters. The van der Waals surface area contributed by atoms with Crippen LogP contribution in [0.1, 0.15) is 235 Å². The molecule has 5 fully saturated rings. The van der Waals surface area contributed by atoms with E-state index in [0.29, 0.717) is 5.41 Å². The Morgan fingerprint density at radius 1 is 0.375 bits per heavy atom. The molecular formula is C56H119N5O3. The molecule has 0 radical (unpaired) electrons. The van der Waals surface area contributed by atoms with E-state index in [1.54, 1.807) is 20.8 Å². The van der Waals surface area contributed by atoms with E-state index in [1.807, 2.05) is 70.1 Å². The summed E-state index contributed by atoms with van der Waals surface area (Å²) in [4.78, 5) is 44.2. The maximum atomic E-state index is 11.2. The van der Waals surface area contributed by atoms with Gasteiger partial charge in [-0.1, -0.05) is 118 Å². The van der Waals surface area contributed by atoms with Crippen LogP contribution in [-0.4, -0.2) is 121 Å². The molecule has 0 aromatic rings. The molecule has 5 saturated heterocycles. The SMILES string of the molecule is CC.CC.CC.CC.CC(=O)N1CCCC(C(C)(C)C)CC1.CC(=O)N1CCC[C@@H](C)CC1.CC(=O)N1CCC[C@H](C)CC1.CCN1CCC[C@@H](C)CC1.CCN1CCC[C@H](C)CC1. The number of nitrogens with zero attached hydrogens (tertiary/aromatic N) is 5. The fourth-order valence-electron chi connectivity index (χ4n) is 8.71. The average molecular weight is 911 g/mol. The summed E-state index contributed by atoms with van der Waals surface area (Å²) >= 11 is 0. The predicted molar refractivity (Wildman–Crippen MR) is 285 cm³/mol. The van der Waals surface area contributed by atoms with Gasteiger partial charge in [-0.2, -0.15) is 0 Å². The Kier molecular flexibility index (Phi) is 48.6. The third-order valence-electron chi connectivity index (χ3n) is 13.4. The van der Waals surface area contributed by atoms with Crippen molar-refractivity contribution in [2.24, 2.45) is 35.0 Å². The first-order valence-corrected chi connectivity index (χ1v) is 27.7. The zero-order chi connectivity index (χ0) is 50.1. The molecule has 5 heterocycles. The molecule has 5 rings (SSSR count). The minimum Gasteiger partial charge on any atom is -0.343 e. The van der Waals surface area contributed by atoms with Crippen molar-refractivity contribution in [2.45, 2.75) is 235 Å². The van der Waals surface area contributed by atoms with Crippen molar-refractivity contribution < 1.29 is 14.4 Å². The number of rotatable bonds is 2. The highest BCUT2D eigenvalue weighted by Gasteiger charge is 2.27. The van der Waals surface area contributed by atoms with E-state index in [0.717, 1.165) is 68.9 Å². The van der Waals surface area contributed by atoms with Gasteiger partial charge in [0, 0.05) is 60.0 Å². The van der Waals surface area contributed by atoms with E-state index in [4.69, 9.17) is 0 Å². The van der Waals surface area contributed by atoms with Crippen LogP contribution in [0, 0.1) is 35.0 Å². The predicted octanol–water partition coefficient (Wildman–Crippen LogP) is 14.4. The fourth-order valence-corrected chi connectivity index (χ4v) is 8.71. The molecule has 386 valence electrons. The molecular weight excluding hydrogens is 791 g/mol. The van der Waals surface area contributed by atoms with E-state index in [-0.39, 0.29) is 17.7 Å². The molecule has 0 bridgehead atoms. The Bertz CT molecular complexity index is 990. The van der Waals surface area contributed by atoms with Crippen LogP contribution in [0.4, 0.5) is 0 Å². The number of amides is 3. The molecule has 0 N–H and O–H groups in total. The first-order chi connectivity index (χ1) is 30.5. The van der Waals surface area contributed by atoms with Crippen LogP contribution in [0.3, 0.4) is 0 Å². The van der Waals surface area contributed by atoms with Crippen LogP contribution in [0.5, 0.6) is 0 Å². The average Bonchev–Trinajstić information content (AvgIpc) is 3.91. The van der Waals surface area contributed by atoms with Crippen molar-refractivity contribution in [3.8, 4) is 0 Å². The van der Waals surface area contributed by atoms with Crippen LogP contribution < -0.4 is 0 Å². The van der Waals surface area contributed by atoms with Crippen LogP contribution in [-0.2, 0) is 14.4 Å². The van der Waals surface area contributed by atoms with Gasteiger partial charge >= 0.3 is 0 Å². The topological polar surface area (TPSA) is 67.4 Å². The molecule has 3 amide bonds. The lowest BCUT2D eigenvalue weighted by Crippen LogP contribution is -2.30. The standard InChI is InChI=1S/C12H23NO.2C9H17NO.2C9H19N.4C2H6/c1-10(14)13-8-5-6-11(7-9-13)12(2,3)4;2*1-8-4-3-6-10(7-5-8)9(2)11;2*1-3-10-7-4-5-9(2)6-8-10;4*1-2/h11H,5-9H2,1-4H3;2*8H,3-7H2,1-2H3;2*9H,3-8H2,1-2H3;4*1-2H3/t;2*8-;2*9-;;;;/m.1010..../s1. The largest absolute Gasteiger partial charge is 0.343 e. The summed E-state index contributed by atoms with van der Waals surface area (Å²) < 4.78 is 0. The molecule has 8 nitrogen and oxygen atoms in total. The van der Waals surface area contributed by atoms with Crippen LogP contribution in [0.15, 0.2) is 0 Å². The number of carbonyl (C=O) groups is 3. The summed E-state index contributed by atoms with van der Waals surface area (Å²) in [5, 5.41) is 0. The van der Waals surface area contributed by atoms with Crippen molar-refractivity contribution in [2.75, 3.05) is 78.5 Å². The summed E-state index contributed by atoms with van der Waals surface area (Å²) in [6.45, 7) is 55.3. The van der Waals surface area contributed by atoms with Gasteiger partial charge < -0.3 is 24.5 Å². The maximum Gasteiger partial charge on any atom is 0.219 e. The van der Waals surface area contributed by atoms with E-state index in [9.17, 15) is 14.4 Å².